The highest BCUT2D eigenvalue weighted by Gasteiger charge is 2.60. The van der Waals surface area contributed by atoms with Crippen LogP contribution in [0.15, 0.2) is 0 Å². The average molecular weight is 336 g/mol. The molecule has 4 nitrogen and oxygen atoms in total. The van der Waals surface area contributed by atoms with Gasteiger partial charge in [-0.15, -0.1) is 0 Å². The normalized spacial score (nSPS) is 26.7. The highest BCUT2D eigenvalue weighted by molar-refractivity contribution is 6.00. The van der Waals surface area contributed by atoms with E-state index >= 15 is 0 Å². The molecule has 0 aromatic heterocycles. The van der Waals surface area contributed by atoms with Crippen molar-refractivity contribution in [3.05, 3.63) is 0 Å². The molecule has 0 aromatic carbocycles. The van der Waals surface area contributed by atoms with Crippen LogP contribution in [0.3, 0.4) is 0 Å². The van der Waals surface area contributed by atoms with E-state index in [0.29, 0.717) is 11.8 Å². The smallest absolute Gasteiger partial charge is 0.420 e. The Kier molecular flexibility index (Phi) is 6.95. The van der Waals surface area contributed by atoms with E-state index in [2.05, 4.69) is 5.32 Å². The summed E-state index contributed by atoms with van der Waals surface area (Å²) in [4.78, 5) is 24.3. The maximum absolute atomic E-state index is 12.5. The number of urea groups is 1. The average Bonchev–Trinajstić information content (AvgIpc) is 2.76. The van der Waals surface area contributed by atoms with Crippen LogP contribution in [0, 0.1) is 11.8 Å². The number of nitrogens with two attached hydrogens (primary N) is 1. The summed E-state index contributed by atoms with van der Waals surface area (Å²) in [6.45, 7) is 0. The molecule has 0 unspecified atom stereocenters. The maximum Gasteiger partial charge on any atom is 0.420 e. The zero-order valence-corrected chi connectivity index (χ0v) is 13.9. The standard InChI is InChI=1S/C15H24N2O2.2ClH/c18-13-15(17-14(19)16-13,11-7-3-1-4-8-11)12-9-5-2-6-10-12;;/h11-12H,1-10H2,(H2,16,17,18,19);2*1H/p-1. The number of hydrogen-bond acceptors (Lipinski definition) is 2. The van der Waals surface area contributed by atoms with Crippen LogP contribution in [0.25, 0.3) is 0 Å². The van der Waals surface area contributed by atoms with E-state index in [4.69, 9.17) is 0 Å². The van der Waals surface area contributed by atoms with Gasteiger partial charge in [0.1, 0.15) is 0 Å². The third-order valence-corrected chi connectivity index (χ3v) is 5.56. The number of carbonyl (C=O) groups is 2. The Labute approximate surface area is 139 Å². The molecule has 3 aliphatic rings. The van der Waals surface area contributed by atoms with Gasteiger partial charge in [0.05, 0.1) is 0 Å². The minimum Gasteiger partial charge on any atom is -1.00 e. The van der Waals surface area contributed by atoms with E-state index < -0.39 is 5.54 Å². The van der Waals surface area contributed by atoms with Gasteiger partial charge in [0, 0.05) is 11.8 Å². The lowest BCUT2D eigenvalue weighted by Gasteiger charge is -2.40. The van der Waals surface area contributed by atoms with E-state index in [1.54, 1.807) is 5.32 Å². The number of amides is 3. The van der Waals surface area contributed by atoms with Crippen LogP contribution in [0.2, 0.25) is 0 Å². The van der Waals surface area contributed by atoms with Gasteiger partial charge in [0.2, 0.25) is 0 Å². The number of nitrogens with one attached hydrogen (secondary N) is 1. The van der Waals surface area contributed by atoms with E-state index in [9.17, 15) is 9.59 Å². The van der Waals surface area contributed by atoms with E-state index in [1.165, 1.54) is 38.5 Å². The fourth-order valence-corrected chi connectivity index (χ4v) is 4.64. The monoisotopic (exact) mass is 335 g/mol. The van der Waals surface area contributed by atoms with Gasteiger partial charge in [0.25, 0.3) is 5.91 Å². The van der Waals surface area contributed by atoms with Gasteiger partial charge < -0.3 is 24.8 Å². The first-order valence-corrected chi connectivity index (χ1v) is 7.95. The maximum atomic E-state index is 12.5. The van der Waals surface area contributed by atoms with Gasteiger partial charge in [-0.1, -0.05) is 38.5 Å². The molecule has 1 saturated heterocycles. The number of rotatable bonds is 2. The molecule has 2 saturated carbocycles. The number of hydrogen-bond donors (Lipinski definition) is 2. The number of primary amides is 1. The van der Waals surface area contributed by atoms with Crippen molar-refractivity contribution in [3.63, 3.8) is 0 Å². The molecular formula is C15H25Cl2N2O2-. The Balaban J connectivity index is 0.00000110. The molecule has 2 aliphatic carbocycles. The Hall–Kier alpha value is -0.320. The Morgan fingerprint density at radius 2 is 1.24 bits per heavy atom. The first-order valence-electron chi connectivity index (χ1n) is 7.95. The van der Waals surface area contributed by atoms with E-state index in [-0.39, 0.29) is 36.8 Å². The first kappa shape index (κ1) is 18.7. The van der Waals surface area contributed by atoms with Gasteiger partial charge in [-0.25, -0.2) is 15.4 Å². The molecule has 0 bridgehead atoms. The highest BCUT2D eigenvalue weighted by Crippen LogP contribution is 2.41. The second kappa shape index (κ2) is 7.80. The van der Waals surface area contributed by atoms with Crippen molar-refractivity contribution in [3.8, 4) is 0 Å². The third kappa shape index (κ3) is 3.38. The van der Waals surface area contributed by atoms with Gasteiger partial charge in [-0.3, -0.25) is 4.79 Å². The third-order valence-electron chi connectivity index (χ3n) is 5.56. The SMILES string of the molecule is O=C1NC(=O)C(C2CCCCC2)(C2CCCCC2)[NH2+]1.[Cl-].[Cl-]. The van der Waals surface area contributed by atoms with Crippen LogP contribution in [-0.2, 0) is 4.79 Å². The molecule has 122 valence electrons. The number of quaternary nitrogens is 1. The van der Waals surface area contributed by atoms with Crippen molar-refractivity contribution in [2.45, 2.75) is 69.7 Å². The van der Waals surface area contributed by atoms with Crippen molar-refractivity contribution in [1.29, 1.82) is 0 Å². The van der Waals surface area contributed by atoms with Crippen LogP contribution in [0.5, 0.6) is 0 Å². The lowest BCUT2D eigenvalue weighted by molar-refractivity contribution is -0.632. The van der Waals surface area contributed by atoms with Gasteiger partial charge in [-0.05, 0) is 25.7 Å². The summed E-state index contributed by atoms with van der Waals surface area (Å²) in [7, 11) is 0. The molecule has 0 radical (unpaired) electrons. The second-order valence-corrected chi connectivity index (χ2v) is 6.57. The summed E-state index contributed by atoms with van der Waals surface area (Å²) >= 11 is 0. The molecule has 0 spiro atoms. The van der Waals surface area contributed by atoms with Crippen molar-refractivity contribution < 1.29 is 39.7 Å². The Morgan fingerprint density at radius 1 is 0.810 bits per heavy atom. The van der Waals surface area contributed by atoms with Crippen molar-refractivity contribution in [2.24, 2.45) is 11.8 Å². The second-order valence-electron chi connectivity index (χ2n) is 6.57. The number of carbonyl (C=O) groups excluding carboxylic acids is 2. The predicted molar refractivity (Wildman–Crippen MR) is 71.3 cm³/mol. The van der Waals surface area contributed by atoms with Crippen molar-refractivity contribution >= 4 is 11.9 Å². The summed E-state index contributed by atoms with van der Waals surface area (Å²) in [6.07, 6.45) is 11.9. The van der Waals surface area contributed by atoms with Crippen LogP contribution < -0.4 is 35.4 Å². The van der Waals surface area contributed by atoms with Crippen molar-refractivity contribution in [1.82, 2.24) is 5.32 Å². The quantitative estimate of drug-likeness (QED) is 0.502. The number of halogens is 2. The summed E-state index contributed by atoms with van der Waals surface area (Å²) < 4.78 is 0. The fraction of sp³-hybridized carbons (Fsp3) is 0.867. The largest absolute Gasteiger partial charge is 1.00 e. The van der Waals surface area contributed by atoms with Crippen LogP contribution in [-0.4, -0.2) is 17.5 Å². The Morgan fingerprint density at radius 3 is 1.57 bits per heavy atom. The molecule has 21 heavy (non-hydrogen) atoms. The van der Waals surface area contributed by atoms with Gasteiger partial charge in [-0.2, -0.15) is 0 Å². The zero-order valence-electron chi connectivity index (χ0n) is 12.4. The summed E-state index contributed by atoms with van der Waals surface area (Å²) in [5.74, 6) is 0.808. The summed E-state index contributed by atoms with van der Waals surface area (Å²) in [5.41, 5.74) is -0.460. The molecule has 3 fully saturated rings. The van der Waals surface area contributed by atoms with Crippen molar-refractivity contribution in [2.75, 3.05) is 0 Å². The zero-order chi connectivity index (χ0) is 13.3. The molecule has 1 heterocycles. The Bertz CT molecular complexity index is 360. The molecule has 3 rings (SSSR count). The summed E-state index contributed by atoms with van der Waals surface area (Å²) in [5, 5.41) is 4.33. The molecular weight excluding hydrogens is 311 g/mol. The predicted octanol–water partition coefficient (Wildman–Crippen LogP) is -4.29. The van der Waals surface area contributed by atoms with Gasteiger partial charge >= 0.3 is 6.03 Å². The molecule has 3 amide bonds. The van der Waals surface area contributed by atoms with Gasteiger partial charge in [0.15, 0.2) is 5.54 Å². The topological polar surface area (TPSA) is 62.8 Å². The first-order chi connectivity index (χ1) is 9.23. The van der Waals surface area contributed by atoms with Crippen LogP contribution in [0.1, 0.15) is 64.2 Å². The van der Waals surface area contributed by atoms with Crippen LogP contribution >= 0.6 is 0 Å². The highest BCUT2D eigenvalue weighted by atomic mass is 35.5. The van der Waals surface area contributed by atoms with E-state index in [1.807, 2.05) is 0 Å². The summed E-state index contributed by atoms with van der Waals surface area (Å²) in [6, 6.07) is -0.152. The lowest BCUT2D eigenvalue weighted by atomic mass is 9.64. The minimum atomic E-state index is -0.460. The van der Waals surface area contributed by atoms with Crippen LogP contribution in [0.4, 0.5) is 4.79 Å². The number of imide groups is 1. The minimum absolute atomic E-state index is 0. The molecule has 1 aliphatic heterocycles. The van der Waals surface area contributed by atoms with E-state index in [0.717, 1.165) is 25.7 Å². The molecule has 6 heteroatoms. The fourth-order valence-electron chi connectivity index (χ4n) is 4.64. The molecule has 0 aromatic rings. The lowest BCUT2D eigenvalue weighted by Crippen LogP contribution is -3.00. The molecule has 3 N–H and O–H groups in total. The molecule has 0 atom stereocenters.